The first kappa shape index (κ1) is 19.7. The Morgan fingerprint density at radius 1 is 1.33 bits per heavy atom. The number of carbonyl (C=O) groups excluding carboxylic acids is 1. The molecule has 1 aromatic carbocycles. The number of ether oxygens (including phenoxy) is 2. The van der Waals surface area contributed by atoms with Gasteiger partial charge in [-0.15, -0.1) is 11.3 Å². The highest BCUT2D eigenvalue weighted by atomic mass is 32.1. The van der Waals surface area contributed by atoms with E-state index < -0.39 is 0 Å². The van der Waals surface area contributed by atoms with Gasteiger partial charge in [-0.05, 0) is 55.0 Å². The summed E-state index contributed by atoms with van der Waals surface area (Å²) in [4.78, 5) is 16.5. The van der Waals surface area contributed by atoms with E-state index in [1.54, 1.807) is 14.2 Å². The predicted molar refractivity (Wildman–Crippen MR) is 109 cm³/mol. The van der Waals surface area contributed by atoms with Crippen molar-refractivity contribution in [3.8, 4) is 11.5 Å². The number of nitrogens with one attached hydrogen (secondary N) is 1. The summed E-state index contributed by atoms with van der Waals surface area (Å²) in [6.45, 7) is 5.49. The Labute approximate surface area is 165 Å². The largest absolute Gasteiger partial charge is 0.497 e. The lowest BCUT2D eigenvalue weighted by Crippen LogP contribution is -2.42. The molecular weight excluding hydrogens is 360 g/mol. The van der Waals surface area contributed by atoms with Gasteiger partial charge in [-0.25, -0.2) is 0 Å². The van der Waals surface area contributed by atoms with Crippen LogP contribution in [0.5, 0.6) is 11.5 Å². The van der Waals surface area contributed by atoms with Crippen molar-refractivity contribution in [3.63, 3.8) is 0 Å². The maximum Gasteiger partial charge on any atom is 0.234 e. The number of benzene rings is 1. The molecule has 2 heterocycles. The third-order valence-electron chi connectivity index (χ3n) is 5.22. The van der Waals surface area contributed by atoms with Crippen LogP contribution >= 0.6 is 11.3 Å². The van der Waals surface area contributed by atoms with Gasteiger partial charge in [0.05, 0.1) is 26.8 Å². The molecule has 0 aliphatic carbocycles. The van der Waals surface area contributed by atoms with E-state index in [-0.39, 0.29) is 11.9 Å². The number of rotatable bonds is 7. The smallest absolute Gasteiger partial charge is 0.234 e. The number of nitrogens with zero attached hydrogens (tertiary/aromatic N) is 1. The SMILES string of the molecule is CC[C@H]1c2ccsc2CCN1CC(=O)N[C@H](C)c1cc(OC)ccc1OC. The van der Waals surface area contributed by atoms with Crippen molar-refractivity contribution in [2.75, 3.05) is 27.3 Å². The van der Waals surface area contributed by atoms with Gasteiger partial charge in [0.1, 0.15) is 11.5 Å². The van der Waals surface area contributed by atoms with E-state index in [1.807, 2.05) is 36.5 Å². The zero-order valence-corrected chi connectivity index (χ0v) is 17.3. The molecule has 0 radical (unpaired) electrons. The van der Waals surface area contributed by atoms with Crippen LogP contribution in [0.25, 0.3) is 0 Å². The Morgan fingerprint density at radius 2 is 2.15 bits per heavy atom. The molecule has 1 amide bonds. The molecule has 5 nitrogen and oxygen atoms in total. The van der Waals surface area contributed by atoms with Gasteiger partial charge >= 0.3 is 0 Å². The van der Waals surface area contributed by atoms with Gasteiger partial charge in [-0.1, -0.05) is 6.92 Å². The van der Waals surface area contributed by atoms with Crippen molar-refractivity contribution in [1.82, 2.24) is 10.2 Å². The van der Waals surface area contributed by atoms with E-state index in [2.05, 4.69) is 28.6 Å². The molecule has 1 N–H and O–H groups in total. The van der Waals surface area contributed by atoms with Gasteiger partial charge in [0, 0.05) is 23.0 Å². The zero-order valence-electron chi connectivity index (χ0n) is 16.5. The van der Waals surface area contributed by atoms with Crippen LogP contribution in [0.1, 0.15) is 48.4 Å². The molecule has 0 bridgehead atoms. The van der Waals surface area contributed by atoms with Gasteiger partial charge in [0.2, 0.25) is 5.91 Å². The van der Waals surface area contributed by atoms with Crippen LogP contribution in [0, 0.1) is 0 Å². The summed E-state index contributed by atoms with van der Waals surface area (Å²) in [5.74, 6) is 1.53. The normalized spacial score (nSPS) is 17.9. The summed E-state index contributed by atoms with van der Waals surface area (Å²) in [5, 5.41) is 5.28. The predicted octanol–water partition coefficient (Wildman–Crippen LogP) is 3.95. The first-order valence-corrected chi connectivity index (χ1v) is 10.3. The number of hydrogen-bond acceptors (Lipinski definition) is 5. The van der Waals surface area contributed by atoms with Crippen LogP contribution in [0.3, 0.4) is 0 Å². The van der Waals surface area contributed by atoms with E-state index in [0.29, 0.717) is 12.6 Å². The molecule has 2 atom stereocenters. The first-order valence-electron chi connectivity index (χ1n) is 9.39. The molecule has 1 aromatic heterocycles. The van der Waals surface area contributed by atoms with Crippen molar-refractivity contribution < 1.29 is 14.3 Å². The fraction of sp³-hybridized carbons (Fsp3) is 0.476. The highest BCUT2D eigenvalue weighted by Gasteiger charge is 2.28. The average Bonchev–Trinajstić information content (AvgIpc) is 3.15. The van der Waals surface area contributed by atoms with Crippen LogP contribution in [-0.4, -0.2) is 38.1 Å². The third-order valence-corrected chi connectivity index (χ3v) is 6.22. The van der Waals surface area contributed by atoms with Gasteiger partial charge in [0.25, 0.3) is 0 Å². The number of methoxy groups -OCH3 is 2. The monoisotopic (exact) mass is 388 g/mol. The summed E-state index contributed by atoms with van der Waals surface area (Å²) in [6.07, 6.45) is 2.03. The Bertz CT molecular complexity index is 789. The number of thiophene rings is 1. The molecule has 6 heteroatoms. The summed E-state index contributed by atoms with van der Waals surface area (Å²) in [7, 11) is 3.27. The van der Waals surface area contributed by atoms with Crippen molar-refractivity contribution in [1.29, 1.82) is 0 Å². The molecule has 3 rings (SSSR count). The van der Waals surface area contributed by atoms with Crippen molar-refractivity contribution >= 4 is 17.2 Å². The molecule has 0 saturated carbocycles. The lowest BCUT2D eigenvalue weighted by atomic mass is 9.98. The molecule has 1 aliphatic heterocycles. The maximum absolute atomic E-state index is 12.7. The Kier molecular flexibility index (Phi) is 6.39. The highest BCUT2D eigenvalue weighted by Crippen LogP contribution is 2.35. The summed E-state index contributed by atoms with van der Waals surface area (Å²) in [5.41, 5.74) is 2.31. The quantitative estimate of drug-likeness (QED) is 0.780. The summed E-state index contributed by atoms with van der Waals surface area (Å²) in [6, 6.07) is 8.01. The minimum absolute atomic E-state index is 0.0319. The lowest BCUT2D eigenvalue weighted by Gasteiger charge is -2.35. The van der Waals surface area contributed by atoms with Crippen molar-refractivity contribution in [2.24, 2.45) is 0 Å². The minimum Gasteiger partial charge on any atom is -0.497 e. The first-order chi connectivity index (χ1) is 13.1. The van der Waals surface area contributed by atoms with Gasteiger partial charge in [-0.3, -0.25) is 9.69 Å². The maximum atomic E-state index is 12.7. The second-order valence-corrected chi connectivity index (χ2v) is 7.84. The molecule has 1 aliphatic rings. The Morgan fingerprint density at radius 3 is 2.85 bits per heavy atom. The average molecular weight is 389 g/mol. The zero-order chi connectivity index (χ0) is 19.4. The topological polar surface area (TPSA) is 50.8 Å². The van der Waals surface area contributed by atoms with Crippen LogP contribution in [-0.2, 0) is 11.2 Å². The molecule has 0 unspecified atom stereocenters. The van der Waals surface area contributed by atoms with E-state index in [9.17, 15) is 4.79 Å². The lowest BCUT2D eigenvalue weighted by molar-refractivity contribution is -0.123. The third kappa shape index (κ3) is 4.28. The second-order valence-electron chi connectivity index (χ2n) is 6.84. The van der Waals surface area contributed by atoms with Crippen molar-refractivity contribution in [2.45, 2.75) is 38.8 Å². The van der Waals surface area contributed by atoms with Gasteiger partial charge in [0.15, 0.2) is 0 Å². The number of carbonyl (C=O) groups is 1. The Hall–Kier alpha value is -2.05. The summed E-state index contributed by atoms with van der Waals surface area (Å²) >= 11 is 1.83. The van der Waals surface area contributed by atoms with E-state index >= 15 is 0 Å². The van der Waals surface area contributed by atoms with Crippen molar-refractivity contribution in [3.05, 3.63) is 45.6 Å². The van der Waals surface area contributed by atoms with Crippen LogP contribution in [0.4, 0.5) is 0 Å². The molecule has 2 aromatic rings. The number of amides is 1. The Balaban J connectivity index is 1.67. The van der Waals surface area contributed by atoms with Crippen LogP contribution < -0.4 is 14.8 Å². The standard InChI is InChI=1S/C21H28N2O3S/c1-5-18-16-9-11-27-20(16)8-10-23(18)13-21(24)22-14(2)17-12-15(25-3)6-7-19(17)26-4/h6-7,9,11-12,14,18H,5,8,10,13H2,1-4H3,(H,22,24)/t14-,18+/m1/s1. The van der Waals surface area contributed by atoms with E-state index in [0.717, 1.165) is 36.4 Å². The number of fused-ring (bicyclic) bond motifs is 1. The van der Waals surface area contributed by atoms with Gasteiger partial charge in [-0.2, -0.15) is 0 Å². The molecule has 0 spiro atoms. The van der Waals surface area contributed by atoms with E-state index in [4.69, 9.17) is 9.47 Å². The van der Waals surface area contributed by atoms with Crippen LogP contribution in [0.2, 0.25) is 0 Å². The van der Waals surface area contributed by atoms with E-state index in [1.165, 1.54) is 10.4 Å². The molecule has 27 heavy (non-hydrogen) atoms. The van der Waals surface area contributed by atoms with Gasteiger partial charge < -0.3 is 14.8 Å². The molecule has 0 saturated heterocycles. The number of hydrogen-bond donors (Lipinski definition) is 1. The van der Waals surface area contributed by atoms with Crippen LogP contribution in [0.15, 0.2) is 29.6 Å². The fourth-order valence-electron chi connectivity index (χ4n) is 3.84. The fourth-order valence-corrected chi connectivity index (χ4v) is 4.77. The second kappa shape index (κ2) is 8.76. The molecule has 146 valence electrons. The highest BCUT2D eigenvalue weighted by molar-refractivity contribution is 7.10. The summed E-state index contributed by atoms with van der Waals surface area (Å²) < 4.78 is 10.8. The molecular formula is C21H28N2O3S. The minimum atomic E-state index is -0.163. The molecule has 0 fully saturated rings.